The standard InChI is InChI=1S/C15H29N3O/c1-11-8-15(9-16,10-18(11)13-4-5-13)17(3)14-6-7-19-12(14)2/h11-14H,4-10,16H2,1-3H3. The molecule has 4 heteroatoms. The summed E-state index contributed by atoms with van der Waals surface area (Å²) >= 11 is 0. The number of likely N-dealkylation sites (N-methyl/N-ethyl adjacent to an activating group) is 1. The van der Waals surface area contributed by atoms with Gasteiger partial charge in [-0.05, 0) is 46.6 Å². The summed E-state index contributed by atoms with van der Waals surface area (Å²) in [4.78, 5) is 5.26. The Morgan fingerprint density at radius 3 is 2.58 bits per heavy atom. The van der Waals surface area contributed by atoms with Crippen LogP contribution >= 0.6 is 0 Å². The molecule has 0 radical (unpaired) electrons. The highest BCUT2D eigenvalue weighted by atomic mass is 16.5. The first-order chi connectivity index (χ1) is 9.07. The number of likely N-dealkylation sites (tertiary alicyclic amines) is 1. The van der Waals surface area contributed by atoms with E-state index < -0.39 is 0 Å². The molecule has 0 aromatic heterocycles. The highest BCUT2D eigenvalue weighted by molar-refractivity contribution is 5.08. The molecule has 2 aliphatic heterocycles. The van der Waals surface area contributed by atoms with Gasteiger partial charge in [0.2, 0.25) is 0 Å². The maximum absolute atomic E-state index is 6.22. The summed E-state index contributed by atoms with van der Waals surface area (Å²) in [6, 6.07) is 2.06. The van der Waals surface area contributed by atoms with E-state index in [4.69, 9.17) is 10.5 Å². The monoisotopic (exact) mass is 267 g/mol. The van der Waals surface area contributed by atoms with Crippen molar-refractivity contribution in [2.45, 2.75) is 69.3 Å². The fourth-order valence-corrected chi connectivity index (χ4v) is 4.25. The van der Waals surface area contributed by atoms with Gasteiger partial charge in [-0.2, -0.15) is 0 Å². The molecule has 19 heavy (non-hydrogen) atoms. The largest absolute Gasteiger partial charge is 0.377 e. The van der Waals surface area contributed by atoms with Gasteiger partial charge in [-0.1, -0.05) is 0 Å². The van der Waals surface area contributed by atoms with Crippen molar-refractivity contribution in [1.29, 1.82) is 0 Å². The Morgan fingerprint density at radius 2 is 2.05 bits per heavy atom. The van der Waals surface area contributed by atoms with Crippen LogP contribution in [0.25, 0.3) is 0 Å². The van der Waals surface area contributed by atoms with Gasteiger partial charge >= 0.3 is 0 Å². The third kappa shape index (κ3) is 2.33. The lowest BCUT2D eigenvalue weighted by Gasteiger charge is -2.42. The molecule has 3 fully saturated rings. The first-order valence-corrected chi connectivity index (χ1v) is 7.88. The van der Waals surface area contributed by atoms with Crippen LogP contribution in [0.1, 0.15) is 39.5 Å². The molecule has 1 saturated carbocycles. The topological polar surface area (TPSA) is 41.7 Å². The summed E-state index contributed by atoms with van der Waals surface area (Å²) in [5.74, 6) is 0. The second kappa shape index (κ2) is 4.99. The fraction of sp³-hybridized carbons (Fsp3) is 1.00. The quantitative estimate of drug-likeness (QED) is 0.827. The number of nitrogens with zero attached hydrogens (tertiary/aromatic N) is 2. The van der Waals surface area contributed by atoms with Gasteiger partial charge in [-0.15, -0.1) is 0 Å². The highest BCUT2D eigenvalue weighted by Gasteiger charge is 2.50. The second-order valence-electron chi connectivity index (χ2n) is 6.93. The van der Waals surface area contributed by atoms with Crippen LogP contribution in [0.2, 0.25) is 0 Å². The van der Waals surface area contributed by atoms with Crippen molar-refractivity contribution in [2.24, 2.45) is 5.73 Å². The SMILES string of the molecule is CC1OCCC1N(C)C1(CN)CC(C)N(C2CC2)C1. The van der Waals surface area contributed by atoms with Crippen molar-refractivity contribution < 1.29 is 4.74 Å². The number of hydrogen-bond acceptors (Lipinski definition) is 4. The van der Waals surface area contributed by atoms with Crippen LogP contribution in [0, 0.1) is 0 Å². The molecule has 4 atom stereocenters. The summed E-state index contributed by atoms with van der Waals surface area (Å²) in [6.45, 7) is 7.39. The Hall–Kier alpha value is -0.160. The van der Waals surface area contributed by atoms with Crippen LogP contribution in [-0.4, -0.2) is 66.3 Å². The minimum atomic E-state index is 0.161. The molecule has 0 amide bonds. The van der Waals surface area contributed by atoms with E-state index in [0.717, 1.165) is 32.2 Å². The smallest absolute Gasteiger partial charge is 0.0703 e. The summed E-state index contributed by atoms with van der Waals surface area (Å²) in [7, 11) is 2.27. The van der Waals surface area contributed by atoms with Crippen molar-refractivity contribution in [3.63, 3.8) is 0 Å². The molecular formula is C15H29N3O. The predicted molar refractivity (Wildman–Crippen MR) is 77.2 cm³/mol. The van der Waals surface area contributed by atoms with Gasteiger partial charge in [0.05, 0.1) is 6.10 Å². The van der Waals surface area contributed by atoms with E-state index in [-0.39, 0.29) is 5.54 Å². The van der Waals surface area contributed by atoms with Crippen molar-refractivity contribution >= 4 is 0 Å². The van der Waals surface area contributed by atoms with Crippen molar-refractivity contribution in [3.05, 3.63) is 0 Å². The molecule has 1 aliphatic carbocycles. The molecule has 110 valence electrons. The van der Waals surface area contributed by atoms with E-state index in [9.17, 15) is 0 Å². The first-order valence-electron chi connectivity index (χ1n) is 7.88. The Kier molecular flexibility index (Phi) is 3.63. The van der Waals surface area contributed by atoms with E-state index in [1.54, 1.807) is 0 Å². The number of rotatable bonds is 4. The molecule has 0 bridgehead atoms. The lowest BCUT2D eigenvalue weighted by Crippen LogP contribution is -2.59. The van der Waals surface area contributed by atoms with Crippen LogP contribution in [0.5, 0.6) is 0 Å². The maximum Gasteiger partial charge on any atom is 0.0703 e. The predicted octanol–water partition coefficient (Wildman–Crippen LogP) is 1.05. The van der Waals surface area contributed by atoms with E-state index in [1.807, 2.05) is 0 Å². The number of ether oxygens (including phenoxy) is 1. The molecule has 2 heterocycles. The molecule has 4 unspecified atom stereocenters. The van der Waals surface area contributed by atoms with Crippen LogP contribution in [0.4, 0.5) is 0 Å². The van der Waals surface area contributed by atoms with Crippen molar-refractivity contribution in [3.8, 4) is 0 Å². The van der Waals surface area contributed by atoms with Gasteiger partial charge in [0.25, 0.3) is 0 Å². The third-order valence-electron chi connectivity index (χ3n) is 5.70. The van der Waals surface area contributed by atoms with Crippen LogP contribution in [0.15, 0.2) is 0 Å². The second-order valence-corrected chi connectivity index (χ2v) is 6.93. The summed E-state index contributed by atoms with van der Waals surface area (Å²) in [6.07, 6.45) is 5.48. The molecule has 4 nitrogen and oxygen atoms in total. The van der Waals surface area contributed by atoms with Gasteiger partial charge in [0, 0.05) is 43.4 Å². The van der Waals surface area contributed by atoms with Crippen molar-refractivity contribution in [1.82, 2.24) is 9.80 Å². The molecule has 2 N–H and O–H groups in total. The summed E-state index contributed by atoms with van der Waals surface area (Å²) < 4.78 is 5.75. The minimum Gasteiger partial charge on any atom is -0.377 e. The van der Waals surface area contributed by atoms with Crippen LogP contribution in [0.3, 0.4) is 0 Å². The van der Waals surface area contributed by atoms with Gasteiger partial charge in [0.15, 0.2) is 0 Å². The highest BCUT2D eigenvalue weighted by Crippen LogP contribution is 2.40. The average molecular weight is 267 g/mol. The van der Waals surface area contributed by atoms with Crippen LogP contribution in [-0.2, 0) is 4.74 Å². The summed E-state index contributed by atoms with van der Waals surface area (Å²) in [5, 5.41) is 0. The third-order valence-corrected chi connectivity index (χ3v) is 5.70. The van der Waals surface area contributed by atoms with E-state index >= 15 is 0 Å². The minimum absolute atomic E-state index is 0.161. The van der Waals surface area contributed by atoms with E-state index in [2.05, 4.69) is 30.7 Å². The fourth-order valence-electron chi connectivity index (χ4n) is 4.25. The average Bonchev–Trinajstić information content (AvgIpc) is 3.06. The Morgan fingerprint density at radius 1 is 1.32 bits per heavy atom. The van der Waals surface area contributed by atoms with Gasteiger partial charge in [-0.25, -0.2) is 0 Å². The zero-order valence-corrected chi connectivity index (χ0v) is 12.6. The molecule has 2 saturated heterocycles. The van der Waals surface area contributed by atoms with Gasteiger partial charge in [-0.3, -0.25) is 9.80 Å². The molecule has 3 rings (SSSR count). The molecule has 3 aliphatic rings. The number of hydrogen-bond donors (Lipinski definition) is 1. The van der Waals surface area contributed by atoms with Gasteiger partial charge < -0.3 is 10.5 Å². The van der Waals surface area contributed by atoms with E-state index in [0.29, 0.717) is 18.2 Å². The Labute approximate surface area is 117 Å². The number of nitrogens with two attached hydrogens (primary N) is 1. The zero-order valence-electron chi connectivity index (χ0n) is 12.6. The van der Waals surface area contributed by atoms with E-state index in [1.165, 1.54) is 19.3 Å². The zero-order chi connectivity index (χ0) is 13.6. The molecular weight excluding hydrogens is 238 g/mol. The normalized spacial score (nSPS) is 44.4. The molecule has 0 spiro atoms. The molecule has 0 aromatic rings. The lowest BCUT2D eigenvalue weighted by molar-refractivity contribution is 0.0314. The summed E-state index contributed by atoms with van der Waals surface area (Å²) in [5.41, 5.74) is 6.38. The maximum atomic E-state index is 6.22. The Bertz CT molecular complexity index is 333. The van der Waals surface area contributed by atoms with Gasteiger partial charge in [0.1, 0.15) is 0 Å². The van der Waals surface area contributed by atoms with Crippen molar-refractivity contribution in [2.75, 3.05) is 26.7 Å². The lowest BCUT2D eigenvalue weighted by atomic mass is 9.91. The first kappa shape index (κ1) is 13.8. The van der Waals surface area contributed by atoms with Crippen LogP contribution < -0.4 is 5.73 Å². The molecule has 0 aromatic carbocycles. The Balaban J connectivity index is 1.75.